The first-order chi connectivity index (χ1) is 7.77. The third-order valence-electron chi connectivity index (χ3n) is 2.85. The summed E-state index contributed by atoms with van der Waals surface area (Å²) in [5.74, 6) is 0.224. The molecule has 0 amide bonds. The third-order valence-corrected chi connectivity index (χ3v) is 3.60. The van der Waals surface area contributed by atoms with Gasteiger partial charge in [0, 0.05) is 18.0 Å². The van der Waals surface area contributed by atoms with Gasteiger partial charge in [0.1, 0.15) is 0 Å². The monoisotopic (exact) mass is 233 g/mol. The van der Waals surface area contributed by atoms with Crippen LogP contribution in [-0.2, 0) is 6.42 Å². The van der Waals surface area contributed by atoms with E-state index in [0.717, 1.165) is 34.9 Å². The minimum Gasteiger partial charge on any atom is -0.294 e. The fourth-order valence-electron chi connectivity index (χ4n) is 2.19. The number of hydrogen-bond acceptors (Lipinski definition) is 4. The normalized spacial score (nSPS) is 15.2. The van der Waals surface area contributed by atoms with Crippen LogP contribution in [-0.4, -0.2) is 20.5 Å². The molecule has 0 N–H and O–H groups in total. The molecule has 0 unspecified atom stereocenters. The molecule has 0 aliphatic heterocycles. The predicted molar refractivity (Wildman–Crippen MR) is 61.2 cm³/mol. The standard InChI is InChI=1S/C11H11N3OS/c1-7-10-8(3-2-4-9(10)15)14(13-7)11-12-5-6-16-11/h5-6H,2-4H2,1H3. The summed E-state index contributed by atoms with van der Waals surface area (Å²) >= 11 is 1.54. The summed E-state index contributed by atoms with van der Waals surface area (Å²) in [7, 11) is 0. The first-order valence-electron chi connectivity index (χ1n) is 5.29. The van der Waals surface area contributed by atoms with Crippen LogP contribution in [0.3, 0.4) is 0 Å². The maximum Gasteiger partial charge on any atom is 0.210 e. The van der Waals surface area contributed by atoms with E-state index in [1.807, 2.05) is 17.0 Å². The average molecular weight is 233 g/mol. The van der Waals surface area contributed by atoms with E-state index >= 15 is 0 Å². The average Bonchev–Trinajstić information content (AvgIpc) is 2.86. The van der Waals surface area contributed by atoms with Gasteiger partial charge in [-0.3, -0.25) is 4.79 Å². The fourth-order valence-corrected chi connectivity index (χ4v) is 2.80. The van der Waals surface area contributed by atoms with Crippen LogP contribution in [0.5, 0.6) is 0 Å². The molecule has 0 fully saturated rings. The van der Waals surface area contributed by atoms with Gasteiger partial charge in [-0.15, -0.1) is 11.3 Å². The van der Waals surface area contributed by atoms with Crippen LogP contribution in [0.2, 0.25) is 0 Å². The van der Waals surface area contributed by atoms with E-state index in [1.165, 1.54) is 0 Å². The topological polar surface area (TPSA) is 47.8 Å². The van der Waals surface area contributed by atoms with Crippen molar-refractivity contribution in [3.63, 3.8) is 0 Å². The number of carbonyl (C=O) groups excluding carboxylic acids is 1. The minimum absolute atomic E-state index is 0.224. The quantitative estimate of drug-likeness (QED) is 0.758. The summed E-state index contributed by atoms with van der Waals surface area (Å²) in [6.45, 7) is 1.90. The highest BCUT2D eigenvalue weighted by Crippen LogP contribution is 2.26. The van der Waals surface area contributed by atoms with Crippen molar-refractivity contribution in [1.82, 2.24) is 14.8 Å². The first-order valence-corrected chi connectivity index (χ1v) is 6.17. The van der Waals surface area contributed by atoms with E-state index in [-0.39, 0.29) is 5.78 Å². The van der Waals surface area contributed by atoms with E-state index < -0.39 is 0 Å². The summed E-state index contributed by atoms with van der Waals surface area (Å²) in [4.78, 5) is 16.1. The molecule has 0 saturated carbocycles. The van der Waals surface area contributed by atoms with Crippen molar-refractivity contribution in [3.8, 4) is 5.13 Å². The lowest BCUT2D eigenvalue weighted by Gasteiger charge is -2.11. The first kappa shape index (κ1) is 9.72. The molecule has 82 valence electrons. The van der Waals surface area contributed by atoms with Gasteiger partial charge in [0.15, 0.2) is 5.78 Å². The van der Waals surface area contributed by atoms with Gasteiger partial charge >= 0.3 is 0 Å². The number of fused-ring (bicyclic) bond motifs is 1. The van der Waals surface area contributed by atoms with Crippen LogP contribution in [0, 0.1) is 6.92 Å². The molecule has 2 aromatic heterocycles. The van der Waals surface area contributed by atoms with E-state index in [1.54, 1.807) is 17.5 Å². The number of rotatable bonds is 1. The molecule has 0 saturated heterocycles. The zero-order valence-corrected chi connectivity index (χ0v) is 9.75. The molecule has 5 heteroatoms. The number of nitrogens with zero attached hydrogens (tertiary/aromatic N) is 3. The molecule has 1 aliphatic carbocycles. The van der Waals surface area contributed by atoms with Crippen LogP contribution >= 0.6 is 11.3 Å². The zero-order chi connectivity index (χ0) is 11.1. The largest absolute Gasteiger partial charge is 0.294 e. The van der Waals surface area contributed by atoms with Crippen LogP contribution in [0.25, 0.3) is 5.13 Å². The van der Waals surface area contributed by atoms with Gasteiger partial charge in [0.25, 0.3) is 0 Å². The second-order valence-electron chi connectivity index (χ2n) is 3.91. The van der Waals surface area contributed by atoms with Gasteiger partial charge in [-0.2, -0.15) is 5.10 Å². The predicted octanol–water partition coefficient (Wildman–Crippen LogP) is 2.16. The van der Waals surface area contributed by atoms with Gasteiger partial charge in [-0.25, -0.2) is 9.67 Å². The lowest BCUT2D eigenvalue weighted by molar-refractivity contribution is 0.0971. The summed E-state index contributed by atoms with van der Waals surface area (Å²) in [5, 5.41) is 7.20. The smallest absolute Gasteiger partial charge is 0.210 e. The number of thiazole rings is 1. The van der Waals surface area contributed by atoms with Crippen molar-refractivity contribution in [1.29, 1.82) is 0 Å². The van der Waals surface area contributed by atoms with E-state index in [2.05, 4.69) is 10.1 Å². The Kier molecular flexibility index (Phi) is 2.14. The molecule has 16 heavy (non-hydrogen) atoms. The maximum atomic E-state index is 11.8. The van der Waals surface area contributed by atoms with Crippen molar-refractivity contribution >= 4 is 17.1 Å². The molecule has 0 radical (unpaired) electrons. The molecule has 4 nitrogen and oxygen atoms in total. The molecular formula is C11H11N3OS. The van der Waals surface area contributed by atoms with Crippen LogP contribution in [0.4, 0.5) is 0 Å². The Morgan fingerprint density at radius 3 is 3.06 bits per heavy atom. The zero-order valence-electron chi connectivity index (χ0n) is 8.93. The van der Waals surface area contributed by atoms with Crippen molar-refractivity contribution in [2.45, 2.75) is 26.2 Å². The van der Waals surface area contributed by atoms with Gasteiger partial charge < -0.3 is 0 Å². The van der Waals surface area contributed by atoms with Crippen LogP contribution in [0.15, 0.2) is 11.6 Å². The molecule has 0 aromatic carbocycles. The fraction of sp³-hybridized carbons (Fsp3) is 0.364. The number of ketones is 1. The molecule has 2 heterocycles. The Morgan fingerprint density at radius 1 is 1.44 bits per heavy atom. The number of aromatic nitrogens is 3. The molecule has 0 bridgehead atoms. The molecule has 0 atom stereocenters. The lowest BCUT2D eigenvalue weighted by atomic mass is 9.95. The van der Waals surface area contributed by atoms with E-state index in [9.17, 15) is 4.79 Å². The number of carbonyl (C=O) groups is 1. The Labute approximate surface area is 96.9 Å². The molecular weight excluding hydrogens is 222 g/mol. The van der Waals surface area contributed by atoms with Gasteiger partial charge in [0.05, 0.1) is 17.0 Å². The lowest BCUT2D eigenvalue weighted by Crippen LogP contribution is -2.13. The second-order valence-corrected chi connectivity index (χ2v) is 4.78. The SMILES string of the molecule is Cc1nn(-c2nccs2)c2c1C(=O)CCC2. The maximum absolute atomic E-state index is 11.8. The van der Waals surface area contributed by atoms with Crippen molar-refractivity contribution in [3.05, 3.63) is 28.5 Å². The van der Waals surface area contributed by atoms with Crippen LogP contribution in [0.1, 0.15) is 34.6 Å². The number of hydrogen-bond donors (Lipinski definition) is 0. The second kappa shape index (κ2) is 3.52. The Bertz CT molecular complexity index is 542. The molecule has 1 aliphatic rings. The Hall–Kier alpha value is -1.49. The Balaban J connectivity index is 2.22. The Morgan fingerprint density at radius 2 is 2.31 bits per heavy atom. The summed E-state index contributed by atoms with van der Waals surface area (Å²) in [5.41, 5.74) is 2.68. The highest BCUT2D eigenvalue weighted by atomic mass is 32.1. The van der Waals surface area contributed by atoms with Gasteiger partial charge in [0.2, 0.25) is 5.13 Å². The van der Waals surface area contributed by atoms with Crippen molar-refractivity contribution in [2.75, 3.05) is 0 Å². The van der Waals surface area contributed by atoms with E-state index in [4.69, 9.17) is 0 Å². The van der Waals surface area contributed by atoms with Gasteiger partial charge in [-0.05, 0) is 19.8 Å². The molecule has 3 rings (SSSR count). The summed E-state index contributed by atoms with van der Waals surface area (Å²) in [6.07, 6.45) is 4.25. The van der Waals surface area contributed by atoms with Crippen molar-refractivity contribution < 1.29 is 4.79 Å². The number of Topliss-reactive ketones (excluding diaryl/α,β-unsaturated/α-hetero) is 1. The van der Waals surface area contributed by atoms with Crippen LogP contribution < -0.4 is 0 Å². The minimum atomic E-state index is 0.224. The number of aryl methyl sites for hydroxylation is 1. The summed E-state index contributed by atoms with van der Waals surface area (Å²) < 4.78 is 1.83. The summed E-state index contributed by atoms with van der Waals surface area (Å²) in [6, 6.07) is 0. The van der Waals surface area contributed by atoms with Gasteiger partial charge in [-0.1, -0.05) is 0 Å². The highest BCUT2D eigenvalue weighted by molar-refractivity contribution is 7.12. The highest BCUT2D eigenvalue weighted by Gasteiger charge is 2.26. The van der Waals surface area contributed by atoms with Crippen molar-refractivity contribution in [2.24, 2.45) is 0 Å². The third kappa shape index (κ3) is 1.31. The van der Waals surface area contributed by atoms with E-state index in [0.29, 0.717) is 6.42 Å². The molecule has 0 spiro atoms. The molecule has 2 aromatic rings.